The maximum atomic E-state index is 4.25. The van der Waals surface area contributed by atoms with Crippen molar-refractivity contribution in [3.63, 3.8) is 0 Å². The van der Waals surface area contributed by atoms with Gasteiger partial charge < -0.3 is 0 Å². The summed E-state index contributed by atoms with van der Waals surface area (Å²) in [6.07, 6.45) is 4.05. The minimum atomic E-state index is -0.952. The Morgan fingerprint density at radius 3 is 2.00 bits per heavy atom. The van der Waals surface area contributed by atoms with Gasteiger partial charge in [-0.25, -0.2) is 0 Å². The van der Waals surface area contributed by atoms with Crippen molar-refractivity contribution in [1.82, 2.24) is 0 Å². The molecule has 0 aliphatic heterocycles. The van der Waals surface area contributed by atoms with E-state index in [1.54, 1.807) is 0 Å². The van der Waals surface area contributed by atoms with Crippen LogP contribution in [-0.2, 0) is 0 Å². The van der Waals surface area contributed by atoms with E-state index >= 15 is 0 Å². The first-order valence-electron chi connectivity index (χ1n) is 1.99. The molecule has 0 bridgehead atoms. The standard InChI is InChI=1S/C4H11PS/c1-4-5(2,3)6/h6H,2,4H2,1,3H3. The Labute approximate surface area is 45.1 Å². The molecule has 0 amide bonds. The van der Waals surface area contributed by atoms with Gasteiger partial charge in [-0.05, 0) is 12.8 Å². The van der Waals surface area contributed by atoms with Crippen LogP contribution in [-0.4, -0.2) is 19.1 Å². The van der Waals surface area contributed by atoms with Crippen molar-refractivity contribution in [3.8, 4) is 0 Å². The highest BCUT2D eigenvalue weighted by Crippen LogP contribution is 2.44. The molecule has 1 atom stereocenters. The van der Waals surface area contributed by atoms with Gasteiger partial charge in [0.05, 0.1) is 0 Å². The summed E-state index contributed by atoms with van der Waals surface area (Å²) in [6, 6.07) is 0. The van der Waals surface area contributed by atoms with E-state index in [-0.39, 0.29) is 0 Å². The van der Waals surface area contributed by atoms with Crippen molar-refractivity contribution in [1.29, 1.82) is 0 Å². The van der Waals surface area contributed by atoms with Crippen LogP contribution in [0.15, 0.2) is 0 Å². The van der Waals surface area contributed by atoms with Gasteiger partial charge in [0.2, 0.25) is 0 Å². The van der Waals surface area contributed by atoms with E-state index in [4.69, 9.17) is 0 Å². The average molecular weight is 122 g/mol. The van der Waals surface area contributed by atoms with E-state index in [9.17, 15) is 0 Å². The van der Waals surface area contributed by atoms with Crippen molar-refractivity contribution < 1.29 is 0 Å². The van der Waals surface area contributed by atoms with Crippen LogP contribution >= 0.6 is 18.3 Å². The first kappa shape index (κ1) is 6.65. The Hall–Kier alpha value is 0.650. The third-order valence-corrected chi connectivity index (χ3v) is 2.89. The summed E-state index contributed by atoms with van der Waals surface area (Å²) in [6.45, 7) is 4.23. The number of hydrogen-bond acceptors (Lipinski definition) is 1. The zero-order valence-corrected chi connectivity index (χ0v) is 6.10. The summed E-state index contributed by atoms with van der Waals surface area (Å²) in [5, 5.41) is 0. The van der Waals surface area contributed by atoms with E-state index in [1.165, 1.54) is 0 Å². The molecule has 6 heavy (non-hydrogen) atoms. The third-order valence-electron chi connectivity index (χ3n) is 0.681. The molecule has 0 saturated heterocycles. The van der Waals surface area contributed by atoms with Crippen LogP contribution in [0, 0.1) is 0 Å². The maximum absolute atomic E-state index is 4.25. The van der Waals surface area contributed by atoms with Gasteiger partial charge in [-0.3, -0.25) is 0 Å². The molecule has 0 N–H and O–H groups in total. The van der Waals surface area contributed by atoms with Gasteiger partial charge in [-0.1, -0.05) is 19.3 Å². The lowest BCUT2D eigenvalue weighted by molar-refractivity contribution is 1.51. The van der Waals surface area contributed by atoms with Crippen molar-refractivity contribution in [2.45, 2.75) is 6.92 Å². The first-order valence-corrected chi connectivity index (χ1v) is 5.75. The lowest BCUT2D eigenvalue weighted by atomic mass is 11.0. The molecule has 2 heteroatoms. The largest absolute Gasteiger partial charge is 0.153 e. The predicted molar refractivity (Wildman–Crippen MR) is 39.5 cm³/mol. The van der Waals surface area contributed by atoms with Crippen LogP contribution in [0.3, 0.4) is 0 Å². The lowest BCUT2D eigenvalue weighted by Crippen LogP contribution is -1.68. The summed E-state index contributed by atoms with van der Waals surface area (Å²) in [5.74, 6) is 0. The minimum absolute atomic E-state index is 0.952. The van der Waals surface area contributed by atoms with E-state index in [1.807, 2.05) is 0 Å². The molecule has 0 aromatic rings. The normalized spacial score (nSPS) is 19.8. The molecule has 0 rings (SSSR count). The highest BCUT2D eigenvalue weighted by Gasteiger charge is 1.90. The highest BCUT2D eigenvalue weighted by atomic mass is 32.7. The fourth-order valence-corrected chi connectivity index (χ4v) is 0. The fourth-order valence-electron chi connectivity index (χ4n) is 0. The Kier molecular flexibility index (Phi) is 2.31. The quantitative estimate of drug-likeness (QED) is 0.398. The van der Waals surface area contributed by atoms with Gasteiger partial charge in [0, 0.05) is 0 Å². The van der Waals surface area contributed by atoms with Gasteiger partial charge in [0.25, 0.3) is 0 Å². The van der Waals surface area contributed by atoms with Crippen LogP contribution in [0.2, 0.25) is 0 Å². The Morgan fingerprint density at radius 2 is 2.00 bits per heavy atom. The predicted octanol–water partition coefficient (Wildman–Crippen LogP) is 1.93. The van der Waals surface area contributed by atoms with E-state index in [0.29, 0.717) is 0 Å². The van der Waals surface area contributed by atoms with Crippen LogP contribution < -0.4 is 0 Å². The Morgan fingerprint density at radius 1 is 1.83 bits per heavy atom. The average Bonchev–Trinajstić information content (AvgIpc) is 1.35. The van der Waals surface area contributed by atoms with Crippen LogP contribution in [0.1, 0.15) is 6.92 Å². The molecular weight excluding hydrogens is 111 g/mol. The van der Waals surface area contributed by atoms with E-state index in [0.717, 1.165) is 6.16 Å². The van der Waals surface area contributed by atoms with E-state index in [2.05, 4.69) is 32.1 Å². The van der Waals surface area contributed by atoms with Crippen molar-refractivity contribution >= 4 is 24.6 Å². The molecule has 38 valence electrons. The molecule has 0 nitrogen and oxygen atoms in total. The molecule has 0 aliphatic carbocycles. The third kappa shape index (κ3) is 4.65. The zero-order chi connectivity index (χ0) is 5.21. The maximum Gasteiger partial charge on any atom is -0.0279 e. The molecule has 0 saturated carbocycles. The number of hydrogen-bond donors (Lipinski definition) is 1. The second-order valence-corrected chi connectivity index (χ2v) is 7.86. The second kappa shape index (κ2) is 2.09. The lowest BCUT2D eigenvalue weighted by Gasteiger charge is -2.03. The molecule has 0 aromatic heterocycles. The molecule has 0 fully saturated rings. The van der Waals surface area contributed by atoms with Gasteiger partial charge in [0.15, 0.2) is 0 Å². The molecule has 0 radical (unpaired) electrons. The Balaban J connectivity index is 3.48. The summed E-state index contributed by atoms with van der Waals surface area (Å²) in [7, 11) is 0. The molecule has 0 aromatic carbocycles. The van der Waals surface area contributed by atoms with Crippen LogP contribution in [0.4, 0.5) is 0 Å². The van der Waals surface area contributed by atoms with Crippen LogP contribution in [0.25, 0.3) is 0 Å². The molecule has 1 unspecified atom stereocenters. The van der Waals surface area contributed by atoms with Crippen molar-refractivity contribution in [2.75, 3.05) is 12.8 Å². The molecule has 0 heterocycles. The van der Waals surface area contributed by atoms with Gasteiger partial charge >= 0.3 is 0 Å². The summed E-state index contributed by atoms with van der Waals surface area (Å²) >= 11 is 4.25. The first-order chi connectivity index (χ1) is 2.56. The van der Waals surface area contributed by atoms with Crippen molar-refractivity contribution in [2.24, 2.45) is 0 Å². The summed E-state index contributed by atoms with van der Waals surface area (Å²) in [4.78, 5) is 0. The SMILES string of the molecule is C=P(C)(S)CC. The number of rotatable bonds is 1. The fraction of sp³-hybridized carbons (Fsp3) is 0.750. The van der Waals surface area contributed by atoms with Gasteiger partial charge in [-0.2, -0.15) is 12.2 Å². The molecular formula is C4H11PS. The molecule has 0 spiro atoms. The summed E-state index contributed by atoms with van der Waals surface area (Å²) in [5.41, 5.74) is 0. The van der Waals surface area contributed by atoms with Gasteiger partial charge in [-0.15, -0.1) is 0 Å². The zero-order valence-electron chi connectivity index (χ0n) is 4.31. The second-order valence-electron chi connectivity index (χ2n) is 1.66. The van der Waals surface area contributed by atoms with Gasteiger partial charge in [0.1, 0.15) is 0 Å². The highest BCUT2D eigenvalue weighted by molar-refractivity contribution is 8.51. The van der Waals surface area contributed by atoms with E-state index < -0.39 is 6.09 Å². The molecule has 0 aliphatic rings. The Bertz CT molecular complexity index is 71.6. The smallest absolute Gasteiger partial charge is 0.0279 e. The minimum Gasteiger partial charge on any atom is -0.153 e. The van der Waals surface area contributed by atoms with Crippen molar-refractivity contribution in [3.05, 3.63) is 0 Å². The summed E-state index contributed by atoms with van der Waals surface area (Å²) < 4.78 is 0. The van der Waals surface area contributed by atoms with Crippen LogP contribution in [0.5, 0.6) is 0 Å². The topological polar surface area (TPSA) is 0 Å². The monoisotopic (exact) mass is 122 g/mol. The number of thiol groups is 1.